The van der Waals surface area contributed by atoms with Crippen molar-refractivity contribution in [3.05, 3.63) is 77.6 Å². The number of anilines is 3. The van der Waals surface area contributed by atoms with Crippen LogP contribution in [0.3, 0.4) is 0 Å². The number of aryl methyl sites for hydroxylation is 1. The van der Waals surface area contributed by atoms with Gasteiger partial charge in [-0.25, -0.2) is 0 Å². The highest BCUT2D eigenvalue weighted by Crippen LogP contribution is 2.25. The van der Waals surface area contributed by atoms with E-state index in [1.807, 2.05) is 43.3 Å². The zero-order chi connectivity index (χ0) is 23.4. The molecule has 1 atom stereocenters. The molecule has 0 bridgehead atoms. The average Bonchev–Trinajstić information content (AvgIpc) is 3.17. The Hall–Kier alpha value is -4.20. The van der Waals surface area contributed by atoms with Crippen LogP contribution < -0.4 is 10.6 Å². The number of nitrogens with one attached hydrogen (secondary N) is 2. The molecule has 0 aliphatic carbocycles. The van der Waals surface area contributed by atoms with Gasteiger partial charge in [0.2, 0.25) is 5.91 Å². The summed E-state index contributed by atoms with van der Waals surface area (Å²) in [4.78, 5) is 32.1. The van der Waals surface area contributed by atoms with Crippen LogP contribution >= 0.6 is 0 Å². The lowest BCUT2D eigenvalue weighted by Crippen LogP contribution is -2.14. The quantitative estimate of drug-likeness (QED) is 0.349. The van der Waals surface area contributed by atoms with Crippen molar-refractivity contribution >= 4 is 40.4 Å². The Morgan fingerprint density at radius 3 is 2.67 bits per heavy atom. The topological polar surface area (TPSA) is 117 Å². The molecule has 0 aliphatic heterocycles. The lowest BCUT2D eigenvalue weighted by Gasteiger charge is -2.10. The van der Waals surface area contributed by atoms with Crippen molar-refractivity contribution in [2.24, 2.45) is 0 Å². The molecule has 0 fully saturated rings. The molecule has 4 rings (SSSR count). The summed E-state index contributed by atoms with van der Waals surface area (Å²) in [5.74, 6) is -1.27. The molecule has 33 heavy (non-hydrogen) atoms. The first kappa shape index (κ1) is 22.0. The predicted octanol–water partition coefficient (Wildman–Crippen LogP) is 5.03. The van der Waals surface area contributed by atoms with E-state index in [0.717, 1.165) is 16.8 Å². The number of para-hydroxylation sites is 1. The van der Waals surface area contributed by atoms with E-state index in [2.05, 4.69) is 20.6 Å². The molecule has 4 aromatic rings. The van der Waals surface area contributed by atoms with Gasteiger partial charge in [-0.2, -0.15) is 4.98 Å². The maximum absolute atomic E-state index is 12.5. The third-order valence-electron chi connectivity index (χ3n) is 5.26. The Labute approximate surface area is 190 Å². The molecule has 0 saturated carbocycles. The Kier molecular flexibility index (Phi) is 6.35. The summed E-state index contributed by atoms with van der Waals surface area (Å²) in [6.07, 6.45) is 1.70. The van der Waals surface area contributed by atoms with E-state index in [9.17, 15) is 9.59 Å². The maximum Gasteiger partial charge on any atom is 0.304 e. The molecule has 168 valence electrons. The van der Waals surface area contributed by atoms with E-state index in [0.29, 0.717) is 28.5 Å². The first-order valence-electron chi connectivity index (χ1n) is 10.6. The number of aromatic nitrogens is 2. The second-order valence-corrected chi connectivity index (χ2v) is 7.96. The van der Waals surface area contributed by atoms with Crippen molar-refractivity contribution in [3.8, 4) is 0 Å². The standard InChI is InChI=1S/C25H24N4O4/c1-15-5-3-4-6-20(15)28-25-29-21-9-7-17(12-22(21)33-25)13-23(30)27-18-8-10-19(26-14-18)16(2)11-24(31)32/h3-10,12,14,16H,11,13H2,1-2H3,(H,27,30)(H,28,29)(H,31,32). The Morgan fingerprint density at radius 2 is 1.94 bits per heavy atom. The summed E-state index contributed by atoms with van der Waals surface area (Å²) in [5, 5.41) is 14.9. The zero-order valence-corrected chi connectivity index (χ0v) is 18.3. The monoisotopic (exact) mass is 444 g/mol. The number of fused-ring (bicyclic) bond motifs is 1. The number of carboxylic acids is 1. The average molecular weight is 444 g/mol. The first-order valence-corrected chi connectivity index (χ1v) is 10.6. The molecule has 2 aromatic heterocycles. The van der Waals surface area contributed by atoms with Crippen LogP contribution in [0.4, 0.5) is 17.4 Å². The Bertz CT molecular complexity index is 1300. The summed E-state index contributed by atoms with van der Waals surface area (Å²) in [5.41, 5.74) is 5.30. The van der Waals surface area contributed by atoms with E-state index in [1.54, 1.807) is 25.1 Å². The van der Waals surface area contributed by atoms with E-state index in [-0.39, 0.29) is 24.7 Å². The van der Waals surface area contributed by atoms with Crippen LogP contribution in [0.25, 0.3) is 11.1 Å². The van der Waals surface area contributed by atoms with Crippen LogP contribution in [0.2, 0.25) is 0 Å². The fraction of sp³-hybridized carbons (Fsp3) is 0.200. The fourth-order valence-electron chi connectivity index (χ4n) is 3.49. The largest absolute Gasteiger partial charge is 0.481 e. The van der Waals surface area contributed by atoms with Gasteiger partial charge in [0, 0.05) is 17.3 Å². The SMILES string of the molecule is Cc1ccccc1Nc1nc2ccc(CC(=O)Nc3ccc(C(C)CC(=O)O)nc3)cc2o1. The number of aliphatic carboxylic acids is 1. The number of nitrogens with zero attached hydrogens (tertiary/aromatic N) is 2. The van der Waals surface area contributed by atoms with Crippen LogP contribution in [-0.2, 0) is 16.0 Å². The van der Waals surface area contributed by atoms with Gasteiger partial charge < -0.3 is 20.2 Å². The van der Waals surface area contributed by atoms with Gasteiger partial charge in [0.1, 0.15) is 5.52 Å². The Balaban J connectivity index is 1.39. The number of amides is 1. The number of hydrogen-bond acceptors (Lipinski definition) is 6. The maximum atomic E-state index is 12.5. The summed E-state index contributed by atoms with van der Waals surface area (Å²) in [6, 6.07) is 17.2. The molecule has 1 unspecified atom stereocenters. The highest BCUT2D eigenvalue weighted by Gasteiger charge is 2.13. The molecular formula is C25H24N4O4. The summed E-state index contributed by atoms with van der Waals surface area (Å²) >= 11 is 0. The van der Waals surface area contributed by atoms with Crippen LogP contribution in [0, 0.1) is 6.92 Å². The lowest BCUT2D eigenvalue weighted by molar-refractivity contribution is -0.137. The van der Waals surface area contributed by atoms with Gasteiger partial charge in [-0.3, -0.25) is 14.6 Å². The van der Waals surface area contributed by atoms with Gasteiger partial charge in [0.15, 0.2) is 5.58 Å². The fourth-order valence-corrected chi connectivity index (χ4v) is 3.49. The van der Waals surface area contributed by atoms with Crippen LogP contribution in [0.1, 0.15) is 36.1 Å². The minimum absolute atomic E-state index is 0.00497. The summed E-state index contributed by atoms with van der Waals surface area (Å²) < 4.78 is 5.82. The van der Waals surface area contributed by atoms with E-state index >= 15 is 0 Å². The van der Waals surface area contributed by atoms with Gasteiger partial charge in [-0.1, -0.05) is 31.2 Å². The smallest absolute Gasteiger partial charge is 0.304 e. The third kappa shape index (κ3) is 5.54. The molecular weight excluding hydrogens is 420 g/mol. The van der Waals surface area contributed by atoms with Crippen molar-refractivity contribution in [2.75, 3.05) is 10.6 Å². The van der Waals surface area contributed by atoms with Gasteiger partial charge in [0.25, 0.3) is 6.01 Å². The number of carbonyl (C=O) groups is 2. The number of oxazole rings is 1. The Morgan fingerprint density at radius 1 is 1.12 bits per heavy atom. The molecule has 0 aliphatic rings. The van der Waals surface area contributed by atoms with Crippen molar-refractivity contribution in [1.82, 2.24) is 9.97 Å². The number of benzene rings is 2. The minimum Gasteiger partial charge on any atom is -0.481 e. The normalized spacial score (nSPS) is 11.8. The van der Waals surface area contributed by atoms with Crippen molar-refractivity contribution in [3.63, 3.8) is 0 Å². The first-order chi connectivity index (χ1) is 15.9. The summed E-state index contributed by atoms with van der Waals surface area (Å²) in [6.45, 7) is 3.80. The molecule has 0 saturated heterocycles. The second kappa shape index (κ2) is 9.52. The minimum atomic E-state index is -0.872. The van der Waals surface area contributed by atoms with Crippen molar-refractivity contribution in [2.45, 2.75) is 32.6 Å². The predicted molar refractivity (Wildman–Crippen MR) is 126 cm³/mol. The molecule has 8 nitrogen and oxygen atoms in total. The van der Waals surface area contributed by atoms with Crippen LogP contribution in [0.15, 0.2) is 65.2 Å². The second-order valence-electron chi connectivity index (χ2n) is 7.96. The molecule has 0 spiro atoms. The zero-order valence-electron chi connectivity index (χ0n) is 18.3. The molecule has 3 N–H and O–H groups in total. The molecule has 2 aromatic carbocycles. The number of hydrogen-bond donors (Lipinski definition) is 3. The van der Waals surface area contributed by atoms with E-state index < -0.39 is 5.97 Å². The number of carboxylic acid groups (broad SMARTS) is 1. The number of carbonyl (C=O) groups excluding carboxylic acids is 1. The van der Waals surface area contributed by atoms with Crippen LogP contribution in [-0.4, -0.2) is 27.0 Å². The lowest BCUT2D eigenvalue weighted by atomic mass is 10.0. The van der Waals surface area contributed by atoms with Crippen molar-refractivity contribution < 1.29 is 19.1 Å². The van der Waals surface area contributed by atoms with Gasteiger partial charge >= 0.3 is 5.97 Å². The molecule has 1 amide bonds. The summed E-state index contributed by atoms with van der Waals surface area (Å²) in [7, 11) is 0. The highest BCUT2D eigenvalue weighted by atomic mass is 16.4. The molecule has 0 radical (unpaired) electrons. The van der Waals surface area contributed by atoms with Gasteiger partial charge in [-0.15, -0.1) is 0 Å². The van der Waals surface area contributed by atoms with Crippen LogP contribution in [0.5, 0.6) is 0 Å². The molecule has 8 heteroatoms. The van der Waals surface area contributed by atoms with Gasteiger partial charge in [0.05, 0.1) is 24.7 Å². The number of rotatable bonds is 8. The van der Waals surface area contributed by atoms with E-state index in [1.165, 1.54) is 6.20 Å². The van der Waals surface area contributed by atoms with Crippen molar-refractivity contribution in [1.29, 1.82) is 0 Å². The third-order valence-corrected chi connectivity index (χ3v) is 5.26. The number of pyridine rings is 1. The van der Waals surface area contributed by atoms with E-state index in [4.69, 9.17) is 9.52 Å². The van der Waals surface area contributed by atoms with Gasteiger partial charge in [-0.05, 0) is 48.4 Å². The molecule has 2 heterocycles. The highest BCUT2D eigenvalue weighted by molar-refractivity contribution is 5.92.